The Morgan fingerprint density at radius 2 is 1.70 bits per heavy atom. The summed E-state index contributed by atoms with van der Waals surface area (Å²) in [6.07, 6.45) is 2.15. The number of piperidine rings is 1. The molecular formula is C20H23NOS. The molecule has 0 aliphatic carbocycles. The summed E-state index contributed by atoms with van der Waals surface area (Å²) in [5.74, 6) is 1.41. The maximum atomic E-state index is 12.4. The highest BCUT2D eigenvalue weighted by molar-refractivity contribution is 8.00. The van der Waals surface area contributed by atoms with Gasteiger partial charge in [0.2, 0.25) is 5.91 Å². The fourth-order valence-electron chi connectivity index (χ4n) is 3.14. The Morgan fingerprint density at radius 1 is 1.04 bits per heavy atom. The van der Waals surface area contributed by atoms with Crippen LogP contribution in [0.4, 0.5) is 0 Å². The summed E-state index contributed by atoms with van der Waals surface area (Å²) in [4.78, 5) is 15.7. The number of hydrogen-bond donors (Lipinski definition) is 0. The zero-order valence-electron chi connectivity index (χ0n) is 13.6. The highest BCUT2D eigenvalue weighted by Crippen LogP contribution is 2.28. The lowest BCUT2D eigenvalue weighted by Gasteiger charge is -2.32. The average molecular weight is 325 g/mol. The Morgan fingerprint density at radius 3 is 2.39 bits per heavy atom. The quantitative estimate of drug-likeness (QED) is 0.772. The van der Waals surface area contributed by atoms with E-state index in [0.29, 0.717) is 11.7 Å². The van der Waals surface area contributed by atoms with E-state index in [-0.39, 0.29) is 5.91 Å². The SMILES string of the molecule is Cc1ccccc1SCC(=O)N1CCC(c2ccccc2)CC1. The van der Waals surface area contributed by atoms with E-state index in [4.69, 9.17) is 0 Å². The van der Waals surface area contributed by atoms with Crippen LogP contribution in [0.5, 0.6) is 0 Å². The van der Waals surface area contributed by atoms with E-state index >= 15 is 0 Å². The Balaban J connectivity index is 1.50. The lowest BCUT2D eigenvalue weighted by Crippen LogP contribution is -2.38. The van der Waals surface area contributed by atoms with Crippen molar-refractivity contribution in [3.63, 3.8) is 0 Å². The molecular weight excluding hydrogens is 302 g/mol. The summed E-state index contributed by atoms with van der Waals surface area (Å²) in [7, 11) is 0. The van der Waals surface area contributed by atoms with Crippen molar-refractivity contribution < 1.29 is 4.79 Å². The van der Waals surface area contributed by atoms with Gasteiger partial charge >= 0.3 is 0 Å². The number of likely N-dealkylation sites (tertiary alicyclic amines) is 1. The van der Waals surface area contributed by atoms with Crippen molar-refractivity contribution in [3.8, 4) is 0 Å². The summed E-state index contributed by atoms with van der Waals surface area (Å²) in [6.45, 7) is 3.86. The molecule has 3 heteroatoms. The molecule has 1 saturated heterocycles. The van der Waals surface area contributed by atoms with Crippen LogP contribution in [-0.2, 0) is 4.79 Å². The number of amides is 1. The van der Waals surface area contributed by atoms with Gasteiger partial charge in [-0.25, -0.2) is 0 Å². The number of benzene rings is 2. The van der Waals surface area contributed by atoms with Crippen LogP contribution in [0.1, 0.15) is 29.9 Å². The van der Waals surface area contributed by atoms with E-state index in [1.165, 1.54) is 16.0 Å². The van der Waals surface area contributed by atoms with E-state index in [1.54, 1.807) is 11.8 Å². The van der Waals surface area contributed by atoms with Crippen LogP contribution in [0.15, 0.2) is 59.5 Å². The van der Waals surface area contributed by atoms with Crippen molar-refractivity contribution in [2.75, 3.05) is 18.8 Å². The smallest absolute Gasteiger partial charge is 0.232 e. The first-order chi connectivity index (χ1) is 11.2. The molecule has 0 radical (unpaired) electrons. The van der Waals surface area contributed by atoms with Crippen LogP contribution in [-0.4, -0.2) is 29.6 Å². The maximum absolute atomic E-state index is 12.4. The van der Waals surface area contributed by atoms with Crippen LogP contribution in [0.25, 0.3) is 0 Å². The van der Waals surface area contributed by atoms with Gasteiger partial charge in [-0.3, -0.25) is 4.79 Å². The molecule has 2 aromatic rings. The van der Waals surface area contributed by atoms with Gasteiger partial charge in [-0.15, -0.1) is 11.8 Å². The van der Waals surface area contributed by atoms with E-state index in [0.717, 1.165) is 25.9 Å². The van der Waals surface area contributed by atoms with Gasteiger partial charge in [0.25, 0.3) is 0 Å². The Bertz CT molecular complexity index is 648. The first-order valence-corrected chi connectivity index (χ1v) is 9.24. The molecule has 1 aliphatic heterocycles. The molecule has 0 unspecified atom stereocenters. The van der Waals surface area contributed by atoms with Gasteiger partial charge in [0.05, 0.1) is 5.75 Å². The van der Waals surface area contributed by atoms with Crippen molar-refractivity contribution in [2.45, 2.75) is 30.6 Å². The normalized spacial score (nSPS) is 15.6. The molecule has 2 nitrogen and oxygen atoms in total. The second-order valence-electron chi connectivity index (χ2n) is 6.12. The van der Waals surface area contributed by atoms with Crippen LogP contribution in [0, 0.1) is 6.92 Å². The second-order valence-corrected chi connectivity index (χ2v) is 7.14. The summed E-state index contributed by atoms with van der Waals surface area (Å²) in [5.41, 5.74) is 2.65. The number of hydrogen-bond acceptors (Lipinski definition) is 2. The van der Waals surface area contributed by atoms with Crippen LogP contribution < -0.4 is 0 Å². The zero-order valence-corrected chi connectivity index (χ0v) is 14.4. The summed E-state index contributed by atoms with van der Waals surface area (Å²) in [6, 6.07) is 18.9. The van der Waals surface area contributed by atoms with Gasteiger partial charge in [-0.2, -0.15) is 0 Å². The van der Waals surface area contributed by atoms with Crippen LogP contribution in [0.2, 0.25) is 0 Å². The molecule has 1 heterocycles. The summed E-state index contributed by atoms with van der Waals surface area (Å²) >= 11 is 1.65. The highest BCUT2D eigenvalue weighted by Gasteiger charge is 2.23. The molecule has 2 aromatic carbocycles. The summed E-state index contributed by atoms with van der Waals surface area (Å²) < 4.78 is 0. The third kappa shape index (κ3) is 4.17. The van der Waals surface area contributed by atoms with E-state index in [9.17, 15) is 4.79 Å². The standard InChI is InChI=1S/C20H23NOS/c1-16-7-5-6-10-19(16)23-15-20(22)21-13-11-18(12-14-21)17-8-3-2-4-9-17/h2-10,18H,11-15H2,1H3. The van der Waals surface area contributed by atoms with Crippen LogP contribution >= 0.6 is 11.8 Å². The number of thioether (sulfide) groups is 1. The second kappa shape index (κ2) is 7.69. The predicted molar refractivity (Wildman–Crippen MR) is 96.9 cm³/mol. The van der Waals surface area contributed by atoms with Crippen molar-refractivity contribution in [3.05, 3.63) is 65.7 Å². The molecule has 0 spiro atoms. The predicted octanol–water partition coefficient (Wildman–Crippen LogP) is 4.49. The van der Waals surface area contributed by atoms with Gasteiger partial charge in [-0.1, -0.05) is 48.5 Å². The molecule has 3 rings (SSSR count). The maximum Gasteiger partial charge on any atom is 0.232 e. The lowest BCUT2D eigenvalue weighted by atomic mass is 9.89. The molecule has 0 atom stereocenters. The zero-order chi connectivity index (χ0) is 16.1. The third-order valence-corrected chi connectivity index (χ3v) is 5.72. The molecule has 1 amide bonds. The highest BCUT2D eigenvalue weighted by atomic mass is 32.2. The fourth-order valence-corrected chi connectivity index (χ4v) is 4.07. The van der Waals surface area contributed by atoms with Gasteiger partial charge < -0.3 is 4.90 Å². The monoisotopic (exact) mass is 325 g/mol. The van der Waals surface area contributed by atoms with E-state index in [1.807, 2.05) is 17.0 Å². The number of aryl methyl sites for hydroxylation is 1. The molecule has 0 N–H and O–H groups in total. The number of carbonyl (C=O) groups excluding carboxylic acids is 1. The van der Waals surface area contributed by atoms with Crippen molar-refractivity contribution in [1.29, 1.82) is 0 Å². The fraction of sp³-hybridized carbons (Fsp3) is 0.350. The molecule has 0 bridgehead atoms. The van der Waals surface area contributed by atoms with Gasteiger partial charge in [-0.05, 0) is 42.9 Å². The molecule has 1 fully saturated rings. The van der Waals surface area contributed by atoms with Gasteiger partial charge in [0.1, 0.15) is 0 Å². The molecule has 23 heavy (non-hydrogen) atoms. The molecule has 120 valence electrons. The Labute approximate surface area is 142 Å². The van der Waals surface area contributed by atoms with Gasteiger partial charge in [0.15, 0.2) is 0 Å². The minimum Gasteiger partial charge on any atom is -0.342 e. The third-order valence-electron chi connectivity index (χ3n) is 4.56. The molecule has 0 saturated carbocycles. The van der Waals surface area contributed by atoms with Crippen molar-refractivity contribution in [2.24, 2.45) is 0 Å². The topological polar surface area (TPSA) is 20.3 Å². The largest absolute Gasteiger partial charge is 0.342 e. The summed E-state index contributed by atoms with van der Waals surface area (Å²) in [5, 5.41) is 0. The van der Waals surface area contributed by atoms with E-state index in [2.05, 4.69) is 49.4 Å². The number of rotatable bonds is 4. The number of nitrogens with zero attached hydrogens (tertiary/aromatic N) is 1. The van der Waals surface area contributed by atoms with Crippen molar-refractivity contribution in [1.82, 2.24) is 4.90 Å². The minimum absolute atomic E-state index is 0.268. The number of carbonyl (C=O) groups is 1. The molecule has 0 aromatic heterocycles. The minimum atomic E-state index is 0.268. The Hall–Kier alpha value is -1.74. The first-order valence-electron chi connectivity index (χ1n) is 8.25. The lowest BCUT2D eigenvalue weighted by molar-refractivity contribution is -0.129. The van der Waals surface area contributed by atoms with Crippen LogP contribution in [0.3, 0.4) is 0 Å². The Kier molecular flexibility index (Phi) is 5.39. The average Bonchev–Trinajstić information content (AvgIpc) is 2.62. The van der Waals surface area contributed by atoms with Gasteiger partial charge in [0, 0.05) is 18.0 Å². The first kappa shape index (κ1) is 16.1. The molecule has 1 aliphatic rings. The van der Waals surface area contributed by atoms with Crippen molar-refractivity contribution >= 4 is 17.7 Å². The van der Waals surface area contributed by atoms with E-state index < -0.39 is 0 Å².